The Morgan fingerprint density at radius 3 is 2.32 bits per heavy atom. The Balaban J connectivity index is 1.42. The molecule has 0 N–H and O–H groups in total. The SMILES string of the molecule is O=C(/C=C/c1ccco1)N1CCN(CC(=O)N2CCCCCC2)CC1. The summed E-state index contributed by atoms with van der Waals surface area (Å²) in [7, 11) is 0. The van der Waals surface area contributed by atoms with E-state index in [0.29, 0.717) is 25.4 Å². The van der Waals surface area contributed by atoms with Gasteiger partial charge in [-0.15, -0.1) is 0 Å². The molecule has 136 valence electrons. The maximum absolute atomic E-state index is 12.5. The molecule has 2 saturated heterocycles. The van der Waals surface area contributed by atoms with Crippen LogP contribution in [0.2, 0.25) is 0 Å². The molecular weight excluding hydrogens is 318 g/mol. The van der Waals surface area contributed by atoms with Crippen LogP contribution in [0.4, 0.5) is 0 Å². The molecule has 1 aromatic rings. The van der Waals surface area contributed by atoms with E-state index in [1.807, 2.05) is 15.9 Å². The largest absolute Gasteiger partial charge is 0.465 e. The first-order chi connectivity index (χ1) is 12.2. The lowest BCUT2D eigenvalue weighted by atomic mass is 10.2. The van der Waals surface area contributed by atoms with Crippen LogP contribution in [-0.4, -0.2) is 72.3 Å². The first-order valence-electron chi connectivity index (χ1n) is 9.23. The summed E-state index contributed by atoms with van der Waals surface area (Å²) in [5.74, 6) is 0.907. The van der Waals surface area contributed by atoms with Gasteiger partial charge in [0, 0.05) is 45.3 Å². The molecule has 0 unspecified atom stereocenters. The average molecular weight is 345 g/mol. The minimum absolute atomic E-state index is 0.00473. The standard InChI is InChI=1S/C19H27N3O3/c23-18(8-7-17-6-5-15-25-17)22-13-11-20(12-14-22)16-19(24)21-9-3-1-2-4-10-21/h5-8,15H,1-4,9-14,16H2/b8-7+. The fourth-order valence-corrected chi connectivity index (χ4v) is 3.38. The van der Waals surface area contributed by atoms with Crippen molar-refractivity contribution in [1.29, 1.82) is 0 Å². The maximum Gasteiger partial charge on any atom is 0.246 e. The minimum Gasteiger partial charge on any atom is -0.465 e. The zero-order chi connectivity index (χ0) is 17.5. The number of hydrogen-bond donors (Lipinski definition) is 0. The second kappa shape index (κ2) is 8.85. The number of piperazine rings is 1. The van der Waals surface area contributed by atoms with Crippen LogP contribution < -0.4 is 0 Å². The molecule has 0 bridgehead atoms. The second-order valence-corrected chi connectivity index (χ2v) is 6.75. The lowest BCUT2D eigenvalue weighted by Crippen LogP contribution is -2.51. The van der Waals surface area contributed by atoms with Crippen LogP contribution in [0, 0.1) is 0 Å². The van der Waals surface area contributed by atoms with Gasteiger partial charge in [-0.1, -0.05) is 12.8 Å². The molecule has 0 radical (unpaired) electrons. The molecule has 0 spiro atoms. The zero-order valence-electron chi connectivity index (χ0n) is 14.7. The fourth-order valence-electron chi connectivity index (χ4n) is 3.38. The average Bonchev–Trinajstić information content (AvgIpc) is 3.00. The molecule has 2 aliphatic heterocycles. The Morgan fingerprint density at radius 2 is 1.68 bits per heavy atom. The van der Waals surface area contributed by atoms with Crippen molar-refractivity contribution in [3.8, 4) is 0 Å². The van der Waals surface area contributed by atoms with Gasteiger partial charge in [0.2, 0.25) is 11.8 Å². The molecule has 2 aliphatic rings. The normalized spacial score (nSPS) is 20.0. The molecule has 3 heterocycles. The van der Waals surface area contributed by atoms with Crippen molar-refractivity contribution < 1.29 is 14.0 Å². The van der Waals surface area contributed by atoms with Gasteiger partial charge in [-0.3, -0.25) is 14.5 Å². The summed E-state index contributed by atoms with van der Waals surface area (Å²) in [6.07, 6.45) is 9.54. The van der Waals surface area contributed by atoms with Crippen LogP contribution in [0.5, 0.6) is 0 Å². The third-order valence-electron chi connectivity index (χ3n) is 4.93. The van der Waals surface area contributed by atoms with Gasteiger partial charge in [0.1, 0.15) is 5.76 Å². The number of amides is 2. The Bertz CT molecular complexity index is 581. The Hall–Kier alpha value is -2.08. The van der Waals surface area contributed by atoms with Crippen molar-refractivity contribution in [2.45, 2.75) is 25.7 Å². The molecule has 6 nitrogen and oxygen atoms in total. The van der Waals surface area contributed by atoms with Gasteiger partial charge in [0.25, 0.3) is 0 Å². The number of carbonyl (C=O) groups excluding carboxylic acids is 2. The van der Waals surface area contributed by atoms with Crippen molar-refractivity contribution in [3.63, 3.8) is 0 Å². The summed E-state index contributed by atoms with van der Waals surface area (Å²) in [6.45, 7) is 5.09. The number of furan rings is 1. The number of rotatable bonds is 4. The third kappa shape index (κ3) is 5.19. The fraction of sp³-hybridized carbons (Fsp3) is 0.579. The van der Waals surface area contributed by atoms with Crippen LogP contribution in [0.25, 0.3) is 6.08 Å². The van der Waals surface area contributed by atoms with Crippen LogP contribution in [0.3, 0.4) is 0 Å². The van der Waals surface area contributed by atoms with Crippen LogP contribution in [0.15, 0.2) is 28.9 Å². The van der Waals surface area contributed by atoms with E-state index in [1.165, 1.54) is 12.8 Å². The maximum atomic E-state index is 12.5. The van der Waals surface area contributed by atoms with Gasteiger partial charge in [-0.05, 0) is 31.1 Å². The highest BCUT2D eigenvalue weighted by Crippen LogP contribution is 2.11. The predicted octanol–water partition coefficient (Wildman–Crippen LogP) is 1.84. The highest BCUT2D eigenvalue weighted by atomic mass is 16.3. The highest BCUT2D eigenvalue weighted by molar-refractivity contribution is 5.91. The Kier molecular flexibility index (Phi) is 6.28. The van der Waals surface area contributed by atoms with Crippen molar-refractivity contribution in [1.82, 2.24) is 14.7 Å². The molecule has 0 aromatic carbocycles. The van der Waals surface area contributed by atoms with E-state index < -0.39 is 0 Å². The molecule has 0 aliphatic carbocycles. The number of likely N-dealkylation sites (tertiary alicyclic amines) is 1. The quantitative estimate of drug-likeness (QED) is 0.782. The molecule has 2 amide bonds. The third-order valence-corrected chi connectivity index (χ3v) is 4.93. The highest BCUT2D eigenvalue weighted by Gasteiger charge is 2.23. The minimum atomic E-state index is -0.00473. The van der Waals surface area contributed by atoms with E-state index in [1.54, 1.807) is 24.5 Å². The zero-order valence-corrected chi connectivity index (χ0v) is 14.7. The molecule has 6 heteroatoms. The molecule has 3 rings (SSSR count). The van der Waals surface area contributed by atoms with Gasteiger partial charge >= 0.3 is 0 Å². The van der Waals surface area contributed by atoms with Gasteiger partial charge in [-0.25, -0.2) is 0 Å². The van der Waals surface area contributed by atoms with Gasteiger partial charge in [0.15, 0.2) is 0 Å². The van der Waals surface area contributed by atoms with Crippen LogP contribution in [-0.2, 0) is 9.59 Å². The first kappa shape index (κ1) is 17.7. The monoisotopic (exact) mass is 345 g/mol. The molecule has 25 heavy (non-hydrogen) atoms. The van der Waals surface area contributed by atoms with E-state index in [0.717, 1.165) is 39.0 Å². The number of carbonyl (C=O) groups is 2. The molecule has 0 atom stereocenters. The second-order valence-electron chi connectivity index (χ2n) is 6.75. The van der Waals surface area contributed by atoms with Crippen molar-refractivity contribution in [3.05, 3.63) is 30.2 Å². The topological polar surface area (TPSA) is 57.0 Å². The lowest BCUT2D eigenvalue weighted by molar-refractivity contribution is -0.133. The van der Waals surface area contributed by atoms with Gasteiger partial charge in [-0.2, -0.15) is 0 Å². The number of nitrogens with zero attached hydrogens (tertiary/aromatic N) is 3. The van der Waals surface area contributed by atoms with E-state index in [2.05, 4.69) is 4.90 Å². The summed E-state index contributed by atoms with van der Waals surface area (Å²) in [6, 6.07) is 3.61. The van der Waals surface area contributed by atoms with Gasteiger partial charge < -0.3 is 14.2 Å². The number of hydrogen-bond acceptors (Lipinski definition) is 4. The van der Waals surface area contributed by atoms with Crippen molar-refractivity contribution in [2.24, 2.45) is 0 Å². The summed E-state index contributed by atoms with van der Waals surface area (Å²) in [5, 5.41) is 0. The molecule has 2 fully saturated rings. The summed E-state index contributed by atoms with van der Waals surface area (Å²) in [5.41, 5.74) is 0. The molecular formula is C19H27N3O3. The summed E-state index contributed by atoms with van der Waals surface area (Å²) >= 11 is 0. The summed E-state index contributed by atoms with van der Waals surface area (Å²) in [4.78, 5) is 30.7. The summed E-state index contributed by atoms with van der Waals surface area (Å²) < 4.78 is 5.19. The molecule has 1 aromatic heterocycles. The van der Waals surface area contributed by atoms with E-state index in [9.17, 15) is 9.59 Å². The Labute approximate surface area is 149 Å². The van der Waals surface area contributed by atoms with Crippen molar-refractivity contribution in [2.75, 3.05) is 45.8 Å². The predicted molar refractivity (Wildman–Crippen MR) is 95.8 cm³/mol. The smallest absolute Gasteiger partial charge is 0.246 e. The Morgan fingerprint density at radius 1 is 0.960 bits per heavy atom. The van der Waals surface area contributed by atoms with E-state index >= 15 is 0 Å². The first-order valence-corrected chi connectivity index (χ1v) is 9.23. The van der Waals surface area contributed by atoms with Crippen molar-refractivity contribution >= 4 is 17.9 Å². The lowest BCUT2D eigenvalue weighted by Gasteiger charge is -2.34. The van der Waals surface area contributed by atoms with E-state index in [4.69, 9.17) is 4.42 Å². The van der Waals surface area contributed by atoms with Gasteiger partial charge in [0.05, 0.1) is 12.8 Å². The van der Waals surface area contributed by atoms with Crippen LogP contribution >= 0.6 is 0 Å². The van der Waals surface area contributed by atoms with E-state index in [-0.39, 0.29) is 11.8 Å². The molecule has 0 saturated carbocycles. The van der Waals surface area contributed by atoms with Crippen LogP contribution in [0.1, 0.15) is 31.4 Å².